The van der Waals surface area contributed by atoms with Gasteiger partial charge in [0.05, 0.1) is 11.9 Å². The second-order valence-electron chi connectivity index (χ2n) is 3.39. The topological polar surface area (TPSA) is 85.1 Å². The molecular formula is C11H11N3O2S. The lowest BCUT2D eigenvalue weighted by Gasteiger charge is -2.09. The highest BCUT2D eigenvalue weighted by atomic mass is 32.2. The summed E-state index contributed by atoms with van der Waals surface area (Å²) in [6.07, 6.45) is 2.69. The van der Waals surface area contributed by atoms with E-state index in [1.54, 1.807) is 30.3 Å². The van der Waals surface area contributed by atoms with Crippen molar-refractivity contribution in [3.8, 4) is 0 Å². The Kier molecular flexibility index (Phi) is 2.97. The van der Waals surface area contributed by atoms with Gasteiger partial charge in [0.2, 0.25) is 0 Å². The summed E-state index contributed by atoms with van der Waals surface area (Å²) in [4.78, 5) is 3.77. The van der Waals surface area contributed by atoms with E-state index in [1.807, 2.05) is 0 Å². The molecule has 17 heavy (non-hydrogen) atoms. The highest BCUT2D eigenvalue weighted by molar-refractivity contribution is 7.92. The molecule has 1 aromatic heterocycles. The summed E-state index contributed by atoms with van der Waals surface area (Å²) < 4.78 is 26.4. The zero-order chi connectivity index (χ0) is 12.3. The highest BCUT2D eigenvalue weighted by Gasteiger charge is 2.16. The molecule has 0 atom stereocenters. The summed E-state index contributed by atoms with van der Waals surface area (Å²) in [6, 6.07) is 9.98. The van der Waals surface area contributed by atoms with Gasteiger partial charge in [-0.1, -0.05) is 18.2 Å². The summed E-state index contributed by atoms with van der Waals surface area (Å²) in [5.74, 6) is 0. The van der Waals surface area contributed by atoms with Gasteiger partial charge in [-0.2, -0.15) is 0 Å². The molecule has 0 saturated heterocycles. The number of nitrogens with one attached hydrogen (secondary N) is 1. The molecular weight excluding hydrogens is 238 g/mol. The molecule has 0 aliphatic rings. The Morgan fingerprint density at radius 1 is 1.12 bits per heavy atom. The molecule has 1 heterocycles. The maximum atomic E-state index is 12.0. The Morgan fingerprint density at radius 3 is 2.47 bits per heavy atom. The van der Waals surface area contributed by atoms with Crippen LogP contribution in [0.5, 0.6) is 0 Å². The number of rotatable bonds is 3. The van der Waals surface area contributed by atoms with Crippen LogP contribution in [0.2, 0.25) is 0 Å². The van der Waals surface area contributed by atoms with Crippen LogP contribution in [-0.2, 0) is 10.0 Å². The van der Waals surface area contributed by atoms with Gasteiger partial charge in [-0.3, -0.25) is 9.71 Å². The summed E-state index contributed by atoms with van der Waals surface area (Å²) in [5, 5.41) is 0. The van der Waals surface area contributed by atoms with Gasteiger partial charge in [0.25, 0.3) is 10.0 Å². The predicted molar refractivity (Wildman–Crippen MR) is 65.9 cm³/mol. The number of pyridine rings is 1. The number of nitrogen functional groups attached to an aromatic ring is 1. The van der Waals surface area contributed by atoms with Crippen LogP contribution in [0.3, 0.4) is 0 Å². The smallest absolute Gasteiger partial charge is 0.264 e. The lowest BCUT2D eigenvalue weighted by molar-refractivity contribution is 0.601. The molecule has 0 aliphatic carbocycles. The van der Waals surface area contributed by atoms with Crippen molar-refractivity contribution in [3.05, 3.63) is 48.8 Å². The molecule has 0 fully saturated rings. The van der Waals surface area contributed by atoms with Gasteiger partial charge in [0.15, 0.2) is 0 Å². The molecule has 5 nitrogen and oxygen atoms in total. The zero-order valence-corrected chi connectivity index (χ0v) is 9.68. The van der Waals surface area contributed by atoms with Crippen LogP contribution in [-0.4, -0.2) is 13.4 Å². The maximum Gasteiger partial charge on any atom is 0.264 e. The Balaban J connectivity index is 2.36. The van der Waals surface area contributed by atoms with Gasteiger partial charge in [-0.25, -0.2) is 8.42 Å². The largest absolute Gasteiger partial charge is 0.396 e. The molecule has 2 rings (SSSR count). The number of para-hydroxylation sites is 1. The number of sulfonamides is 1. The minimum absolute atomic E-state index is 0.0244. The summed E-state index contributed by atoms with van der Waals surface area (Å²) in [7, 11) is -3.66. The van der Waals surface area contributed by atoms with Crippen LogP contribution in [0.15, 0.2) is 53.7 Å². The molecule has 2 aromatic rings. The number of hydrogen-bond acceptors (Lipinski definition) is 4. The van der Waals surface area contributed by atoms with Gasteiger partial charge in [0.1, 0.15) is 4.90 Å². The summed E-state index contributed by atoms with van der Waals surface area (Å²) >= 11 is 0. The van der Waals surface area contributed by atoms with Gasteiger partial charge in [-0.15, -0.1) is 0 Å². The first kappa shape index (κ1) is 11.4. The zero-order valence-electron chi connectivity index (χ0n) is 8.87. The van der Waals surface area contributed by atoms with Gasteiger partial charge in [0, 0.05) is 11.9 Å². The third-order valence-corrected chi connectivity index (χ3v) is 3.58. The third-order valence-electron chi connectivity index (χ3n) is 2.13. The summed E-state index contributed by atoms with van der Waals surface area (Å²) in [6.45, 7) is 0. The van der Waals surface area contributed by atoms with Crippen LogP contribution in [0.4, 0.5) is 11.4 Å². The van der Waals surface area contributed by atoms with Crippen LogP contribution in [0.25, 0.3) is 0 Å². The Hall–Kier alpha value is -2.08. The SMILES string of the molecule is Nc1cnccc1S(=O)(=O)Nc1ccccc1. The van der Waals surface area contributed by atoms with Crippen LogP contribution < -0.4 is 10.5 Å². The van der Waals surface area contributed by atoms with Crippen LogP contribution in [0.1, 0.15) is 0 Å². The first-order valence-electron chi connectivity index (χ1n) is 4.87. The fraction of sp³-hybridized carbons (Fsp3) is 0. The summed E-state index contributed by atoms with van der Waals surface area (Å²) in [5.41, 5.74) is 6.19. The van der Waals surface area contributed by atoms with Crippen LogP contribution >= 0.6 is 0 Å². The van der Waals surface area contributed by atoms with Crippen molar-refractivity contribution in [2.75, 3.05) is 10.5 Å². The van der Waals surface area contributed by atoms with E-state index in [4.69, 9.17) is 5.73 Å². The van der Waals surface area contributed by atoms with E-state index in [1.165, 1.54) is 18.5 Å². The Labute approximate surface area is 99.4 Å². The van der Waals surface area contributed by atoms with Crippen molar-refractivity contribution < 1.29 is 8.42 Å². The van der Waals surface area contributed by atoms with E-state index >= 15 is 0 Å². The van der Waals surface area contributed by atoms with Crippen molar-refractivity contribution in [1.29, 1.82) is 0 Å². The monoisotopic (exact) mass is 249 g/mol. The molecule has 0 spiro atoms. The fourth-order valence-corrected chi connectivity index (χ4v) is 2.51. The third kappa shape index (κ3) is 2.54. The van der Waals surface area contributed by atoms with E-state index in [9.17, 15) is 8.42 Å². The quantitative estimate of drug-likeness (QED) is 0.862. The molecule has 0 amide bonds. The van der Waals surface area contributed by atoms with Crippen molar-refractivity contribution in [2.24, 2.45) is 0 Å². The van der Waals surface area contributed by atoms with Crippen molar-refractivity contribution in [1.82, 2.24) is 4.98 Å². The number of hydrogen-bond donors (Lipinski definition) is 2. The lowest BCUT2D eigenvalue weighted by Crippen LogP contribution is -2.14. The number of benzene rings is 1. The molecule has 0 saturated carbocycles. The van der Waals surface area contributed by atoms with Gasteiger partial charge < -0.3 is 5.73 Å². The predicted octanol–water partition coefficient (Wildman–Crippen LogP) is 1.46. The molecule has 1 aromatic carbocycles. The minimum atomic E-state index is -3.66. The van der Waals surface area contributed by atoms with E-state index in [2.05, 4.69) is 9.71 Å². The van der Waals surface area contributed by atoms with Crippen molar-refractivity contribution in [2.45, 2.75) is 4.90 Å². The molecule has 88 valence electrons. The number of aromatic nitrogens is 1. The Morgan fingerprint density at radius 2 is 1.82 bits per heavy atom. The average molecular weight is 249 g/mol. The van der Waals surface area contributed by atoms with E-state index in [0.29, 0.717) is 5.69 Å². The van der Waals surface area contributed by atoms with Gasteiger partial charge >= 0.3 is 0 Å². The molecule has 3 N–H and O–H groups in total. The first-order valence-corrected chi connectivity index (χ1v) is 6.35. The second kappa shape index (κ2) is 4.42. The van der Waals surface area contributed by atoms with E-state index in [0.717, 1.165) is 0 Å². The van der Waals surface area contributed by atoms with Crippen molar-refractivity contribution in [3.63, 3.8) is 0 Å². The number of anilines is 2. The normalized spacial score (nSPS) is 11.1. The van der Waals surface area contributed by atoms with E-state index in [-0.39, 0.29) is 10.6 Å². The number of nitrogens with two attached hydrogens (primary N) is 1. The Bertz CT molecular complexity index is 612. The van der Waals surface area contributed by atoms with E-state index < -0.39 is 10.0 Å². The van der Waals surface area contributed by atoms with Gasteiger partial charge in [-0.05, 0) is 18.2 Å². The average Bonchev–Trinajstić information content (AvgIpc) is 2.30. The molecule has 0 bridgehead atoms. The highest BCUT2D eigenvalue weighted by Crippen LogP contribution is 2.19. The molecule has 0 unspecified atom stereocenters. The van der Waals surface area contributed by atoms with Crippen LogP contribution in [0, 0.1) is 0 Å². The number of nitrogens with zero attached hydrogens (tertiary/aromatic N) is 1. The maximum absolute atomic E-state index is 12.0. The fourth-order valence-electron chi connectivity index (χ4n) is 1.35. The molecule has 0 aliphatic heterocycles. The second-order valence-corrected chi connectivity index (χ2v) is 5.04. The minimum Gasteiger partial charge on any atom is -0.396 e. The standard InChI is InChI=1S/C11H11N3O2S/c12-10-8-13-7-6-11(10)17(15,16)14-9-4-2-1-3-5-9/h1-8,14H,12H2. The molecule has 6 heteroatoms. The van der Waals surface area contributed by atoms with Crippen molar-refractivity contribution >= 4 is 21.4 Å². The molecule has 0 radical (unpaired) electrons. The lowest BCUT2D eigenvalue weighted by atomic mass is 10.3. The first-order chi connectivity index (χ1) is 8.09.